The highest BCUT2D eigenvalue weighted by molar-refractivity contribution is 6.16. The Kier molecular flexibility index (Phi) is 3.57. The van der Waals surface area contributed by atoms with Crippen molar-refractivity contribution >= 4 is 11.5 Å². The lowest BCUT2D eigenvalue weighted by molar-refractivity contribution is -0.512. The zero-order valence-corrected chi connectivity index (χ0v) is 11.5. The number of nitrogens with zero attached hydrogens (tertiary/aromatic N) is 3. The summed E-state index contributed by atoms with van der Waals surface area (Å²) in [4.78, 5) is 4.16. The number of aliphatic imine (C=N–C) groups is 1. The van der Waals surface area contributed by atoms with E-state index in [-0.39, 0.29) is 11.5 Å². The highest BCUT2D eigenvalue weighted by Gasteiger charge is 2.43. The standard InChI is InChI=1S/C15H15N3O2/c1-4-9-20-12-8-6-5-7-11(12)14-17-13(10-16)15(2,3)18(14)19/h4-8H,1,9H2,2-3H3. The predicted octanol–water partition coefficient (Wildman–Crippen LogP) is 2.27. The fourth-order valence-corrected chi connectivity index (χ4v) is 1.91. The maximum atomic E-state index is 12.4. The summed E-state index contributed by atoms with van der Waals surface area (Å²) in [6, 6.07) is 9.09. The molecule has 0 fully saturated rings. The highest BCUT2D eigenvalue weighted by Crippen LogP contribution is 2.26. The fourth-order valence-electron chi connectivity index (χ4n) is 1.91. The average molecular weight is 269 g/mol. The molecule has 0 unspecified atom stereocenters. The van der Waals surface area contributed by atoms with Crippen molar-refractivity contribution in [3.05, 3.63) is 47.7 Å². The van der Waals surface area contributed by atoms with Gasteiger partial charge in [-0.1, -0.05) is 24.8 Å². The van der Waals surface area contributed by atoms with Crippen LogP contribution in [-0.4, -0.2) is 28.4 Å². The third kappa shape index (κ3) is 2.16. The van der Waals surface area contributed by atoms with Crippen LogP contribution in [-0.2, 0) is 0 Å². The summed E-state index contributed by atoms with van der Waals surface area (Å²) < 4.78 is 6.28. The molecule has 2 rings (SSSR count). The monoisotopic (exact) mass is 269 g/mol. The summed E-state index contributed by atoms with van der Waals surface area (Å²) in [6.45, 7) is 7.26. The van der Waals surface area contributed by atoms with E-state index in [0.29, 0.717) is 17.9 Å². The van der Waals surface area contributed by atoms with Gasteiger partial charge in [-0.25, -0.2) is 4.74 Å². The van der Waals surface area contributed by atoms with Gasteiger partial charge in [-0.05, 0) is 31.0 Å². The van der Waals surface area contributed by atoms with Gasteiger partial charge in [-0.15, -0.1) is 0 Å². The Balaban J connectivity index is 2.53. The van der Waals surface area contributed by atoms with E-state index in [4.69, 9.17) is 10.00 Å². The van der Waals surface area contributed by atoms with Crippen LogP contribution in [0.1, 0.15) is 19.4 Å². The van der Waals surface area contributed by atoms with Crippen LogP contribution < -0.4 is 4.74 Å². The van der Waals surface area contributed by atoms with Gasteiger partial charge >= 0.3 is 5.84 Å². The van der Waals surface area contributed by atoms with Crippen LogP contribution in [0.25, 0.3) is 0 Å². The van der Waals surface area contributed by atoms with E-state index in [1.165, 1.54) is 0 Å². The van der Waals surface area contributed by atoms with Gasteiger partial charge in [-0.2, -0.15) is 5.26 Å². The molecule has 0 aromatic heterocycles. The zero-order chi connectivity index (χ0) is 14.8. The predicted molar refractivity (Wildman–Crippen MR) is 77.0 cm³/mol. The van der Waals surface area contributed by atoms with E-state index in [1.807, 2.05) is 12.1 Å². The van der Waals surface area contributed by atoms with E-state index >= 15 is 0 Å². The van der Waals surface area contributed by atoms with Crippen molar-refractivity contribution in [2.75, 3.05) is 6.61 Å². The molecule has 0 bridgehead atoms. The smallest absolute Gasteiger partial charge is 0.334 e. The van der Waals surface area contributed by atoms with Crippen LogP contribution in [0.2, 0.25) is 0 Å². The maximum absolute atomic E-state index is 12.4. The van der Waals surface area contributed by atoms with Gasteiger partial charge in [0.25, 0.3) is 5.71 Å². The van der Waals surface area contributed by atoms with Crippen molar-refractivity contribution in [3.8, 4) is 11.8 Å². The topological polar surface area (TPSA) is 71.4 Å². The first-order valence-electron chi connectivity index (χ1n) is 6.19. The Bertz CT molecular complexity index is 651. The molecule has 20 heavy (non-hydrogen) atoms. The molecule has 0 amide bonds. The molecule has 0 radical (unpaired) electrons. The molecule has 0 N–H and O–H groups in total. The Labute approximate surface area is 117 Å². The average Bonchev–Trinajstić information content (AvgIpc) is 2.68. The second-order valence-electron chi connectivity index (χ2n) is 4.85. The molecular weight excluding hydrogens is 254 g/mol. The number of para-hydroxylation sites is 1. The van der Waals surface area contributed by atoms with E-state index < -0.39 is 5.54 Å². The third-order valence-electron chi connectivity index (χ3n) is 3.09. The van der Waals surface area contributed by atoms with Crippen molar-refractivity contribution in [2.24, 2.45) is 4.99 Å². The SMILES string of the molecule is C=CCOc1ccccc1C1=[N+]([O-])C(C)(C)C(C#N)=N1. The minimum atomic E-state index is -0.963. The van der Waals surface area contributed by atoms with Gasteiger partial charge in [0.2, 0.25) is 0 Å². The minimum Gasteiger partial charge on any atom is -0.714 e. The Morgan fingerprint density at radius 3 is 2.80 bits per heavy atom. The molecule has 0 spiro atoms. The number of ether oxygens (including phenoxy) is 1. The van der Waals surface area contributed by atoms with Crippen LogP contribution in [0.3, 0.4) is 0 Å². The van der Waals surface area contributed by atoms with Gasteiger partial charge in [0.15, 0.2) is 5.54 Å². The van der Waals surface area contributed by atoms with Gasteiger partial charge in [0.1, 0.15) is 24.0 Å². The molecule has 5 heteroatoms. The molecular formula is C15H15N3O2. The summed E-state index contributed by atoms with van der Waals surface area (Å²) in [5.74, 6) is 0.744. The molecule has 102 valence electrons. The lowest BCUT2D eigenvalue weighted by atomic mass is 10.0. The van der Waals surface area contributed by atoms with Gasteiger partial charge in [0, 0.05) is 0 Å². The summed E-state index contributed by atoms with van der Waals surface area (Å²) in [5, 5.41) is 21.5. The summed E-state index contributed by atoms with van der Waals surface area (Å²) in [6.07, 6.45) is 1.62. The highest BCUT2D eigenvalue weighted by atomic mass is 16.5. The molecule has 0 aliphatic carbocycles. The number of nitriles is 1. The van der Waals surface area contributed by atoms with Gasteiger partial charge in [0.05, 0.1) is 0 Å². The van der Waals surface area contributed by atoms with E-state index in [1.54, 1.807) is 38.1 Å². The van der Waals surface area contributed by atoms with Crippen molar-refractivity contribution in [1.82, 2.24) is 0 Å². The summed E-state index contributed by atoms with van der Waals surface area (Å²) in [7, 11) is 0. The Hall–Kier alpha value is -2.61. The molecule has 1 aromatic rings. The lowest BCUT2D eigenvalue weighted by Gasteiger charge is -2.21. The number of benzene rings is 1. The number of hydrogen-bond donors (Lipinski definition) is 0. The molecule has 1 aliphatic heterocycles. The van der Waals surface area contributed by atoms with E-state index in [9.17, 15) is 5.21 Å². The largest absolute Gasteiger partial charge is 0.714 e. The van der Waals surface area contributed by atoms with Crippen LogP contribution >= 0.6 is 0 Å². The van der Waals surface area contributed by atoms with Crippen molar-refractivity contribution < 1.29 is 9.48 Å². The number of hydroxylamine groups is 1. The zero-order valence-electron chi connectivity index (χ0n) is 11.5. The fraction of sp³-hybridized carbons (Fsp3) is 0.267. The summed E-state index contributed by atoms with van der Waals surface area (Å²) >= 11 is 0. The van der Waals surface area contributed by atoms with Crippen LogP contribution in [0.15, 0.2) is 41.9 Å². The molecule has 1 aliphatic rings. The van der Waals surface area contributed by atoms with Crippen LogP contribution in [0.4, 0.5) is 0 Å². The molecule has 1 heterocycles. The first kappa shape index (κ1) is 13.8. The quantitative estimate of drug-likeness (QED) is 0.478. The second-order valence-corrected chi connectivity index (χ2v) is 4.85. The second kappa shape index (κ2) is 5.17. The van der Waals surface area contributed by atoms with Crippen LogP contribution in [0.5, 0.6) is 5.75 Å². The van der Waals surface area contributed by atoms with Crippen molar-refractivity contribution in [2.45, 2.75) is 19.4 Å². The number of amidine groups is 1. The minimum absolute atomic E-state index is 0.195. The molecule has 0 saturated carbocycles. The third-order valence-corrected chi connectivity index (χ3v) is 3.09. The molecule has 5 nitrogen and oxygen atoms in total. The number of hydrogen-bond acceptors (Lipinski definition) is 4. The van der Waals surface area contributed by atoms with Crippen LogP contribution in [0, 0.1) is 16.5 Å². The van der Waals surface area contributed by atoms with Crippen molar-refractivity contribution in [3.63, 3.8) is 0 Å². The first-order valence-corrected chi connectivity index (χ1v) is 6.19. The molecule has 0 saturated heterocycles. The normalized spacial score (nSPS) is 16.6. The Morgan fingerprint density at radius 1 is 1.50 bits per heavy atom. The molecule has 1 aromatic carbocycles. The van der Waals surface area contributed by atoms with E-state index in [2.05, 4.69) is 11.6 Å². The van der Waals surface area contributed by atoms with Gasteiger partial charge < -0.3 is 9.94 Å². The number of rotatable bonds is 4. The van der Waals surface area contributed by atoms with Gasteiger partial charge in [-0.3, -0.25) is 0 Å². The lowest BCUT2D eigenvalue weighted by Crippen LogP contribution is -2.38. The van der Waals surface area contributed by atoms with Crippen molar-refractivity contribution in [1.29, 1.82) is 5.26 Å². The molecule has 0 atom stereocenters. The first-order chi connectivity index (χ1) is 9.52. The maximum Gasteiger partial charge on any atom is 0.334 e. The summed E-state index contributed by atoms with van der Waals surface area (Å²) in [5.41, 5.74) is -0.195. The van der Waals surface area contributed by atoms with E-state index in [0.717, 1.165) is 4.74 Å². The Morgan fingerprint density at radius 2 is 2.20 bits per heavy atom.